The van der Waals surface area contributed by atoms with Gasteiger partial charge in [0.1, 0.15) is 0 Å². The van der Waals surface area contributed by atoms with E-state index < -0.39 is 0 Å². The van der Waals surface area contributed by atoms with Crippen molar-refractivity contribution in [1.29, 1.82) is 0 Å². The van der Waals surface area contributed by atoms with Gasteiger partial charge < -0.3 is 0 Å². The van der Waals surface area contributed by atoms with Crippen molar-refractivity contribution in [3.05, 3.63) is 48.6 Å². The van der Waals surface area contributed by atoms with Crippen LogP contribution < -0.4 is 0 Å². The Balaban J connectivity index is 5.00. The summed E-state index contributed by atoms with van der Waals surface area (Å²) in [6, 6.07) is 0. The highest BCUT2D eigenvalue weighted by atomic mass is 16.2. The summed E-state index contributed by atoms with van der Waals surface area (Å²) in [5, 5.41) is 0. The van der Waals surface area contributed by atoms with E-state index in [1.54, 1.807) is 18.2 Å². The molecular weight excluding hydrogens is 214 g/mol. The summed E-state index contributed by atoms with van der Waals surface area (Å²) in [5.41, 5.74) is 1.62. The number of hydrogen-bond donors (Lipinski definition) is 0. The monoisotopic (exact) mass is 233 g/mol. The molecule has 3 nitrogen and oxygen atoms in total. The van der Waals surface area contributed by atoms with Gasteiger partial charge in [0, 0.05) is 13.0 Å². The topological polar surface area (TPSA) is 37.4 Å². The molecule has 0 saturated heterocycles. The Morgan fingerprint density at radius 1 is 1.18 bits per heavy atom. The smallest absolute Gasteiger partial charge is 0.253 e. The zero-order valence-electron chi connectivity index (χ0n) is 10.7. The maximum atomic E-state index is 11.8. The van der Waals surface area contributed by atoms with E-state index in [2.05, 4.69) is 13.2 Å². The van der Waals surface area contributed by atoms with E-state index in [1.807, 2.05) is 13.8 Å². The van der Waals surface area contributed by atoms with Crippen LogP contribution in [0.5, 0.6) is 0 Å². The van der Waals surface area contributed by atoms with Gasteiger partial charge in [-0.1, -0.05) is 37.0 Å². The third-order valence-corrected chi connectivity index (χ3v) is 1.99. The zero-order valence-corrected chi connectivity index (χ0v) is 10.7. The van der Waals surface area contributed by atoms with Gasteiger partial charge in [-0.3, -0.25) is 14.5 Å². The van der Waals surface area contributed by atoms with Crippen molar-refractivity contribution in [2.24, 2.45) is 0 Å². The second-order valence-electron chi connectivity index (χ2n) is 3.85. The minimum absolute atomic E-state index is 0.216. The predicted octanol–water partition coefficient (Wildman–Crippen LogP) is 2.63. The largest absolute Gasteiger partial charge is 0.275 e. The Hall–Kier alpha value is -1.90. The molecule has 0 unspecified atom stereocenters. The first kappa shape index (κ1) is 15.1. The van der Waals surface area contributed by atoms with Gasteiger partial charge in [-0.25, -0.2) is 0 Å². The molecule has 0 aromatic carbocycles. The number of carbonyl (C=O) groups excluding carboxylic acids is 2. The fraction of sp³-hybridized carbons (Fsp3) is 0.286. The fourth-order valence-corrected chi connectivity index (χ4v) is 1.19. The van der Waals surface area contributed by atoms with Crippen LogP contribution in [0.2, 0.25) is 0 Å². The Labute approximate surface area is 103 Å². The molecule has 0 N–H and O–H groups in total. The minimum Gasteiger partial charge on any atom is -0.275 e. The van der Waals surface area contributed by atoms with E-state index in [-0.39, 0.29) is 18.4 Å². The number of nitrogens with zero attached hydrogens (tertiary/aromatic N) is 1. The van der Waals surface area contributed by atoms with Crippen molar-refractivity contribution in [3.8, 4) is 0 Å². The Kier molecular flexibility index (Phi) is 6.56. The Bertz CT molecular complexity index is 385. The summed E-state index contributed by atoms with van der Waals surface area (Å²) < 4.78 is 0. The van der Waals surface area contributed by atoms with E-state index in [1.165, 1.54) is 17.9 Å². The van der Waals surface area contributed by atoms with Crippen LogP contribution >= 0.6 is 0 Å². The maximum Gasteiger partial charge on any atom is 0.253 e. The Morgan fingerprint density at radius 3 is 2.12 bits per heavy atom. The Morgan fingerprint density at radius 2 is 1.76 bits per heavy atom. The first-order valence-electron chi connectivity index (χ1n) is 5.33. The minimum atomic E-state index is -0.311. The van der Waals surface area contributed by atoms with Gasteiger partial charge >= 0.3 is 0 Å². The van der Waals surface area contributed by atoms with Crippen LogP contribution in [0.15, 0.2) is 48.6 Å². The van der Waals surface area contributed by atoms with Crippen molar-refractivity contribution in [2.45, 2.75) is 20.8 Å². The number of allylic oxidation sites excluding steroid dienone is 3. The summed E-state index contributed by atoms with van der Waals surface area (Å²) in [4.78, 5) is 24.4. The summed E-state index contributed by atoms with van der Waals surface area (Å²) in [6.45, 7) is 12.4. The molecule has 0 atom stereocenters. The highest BCUT2D eigenvalue weighted by Gasteiger charge is 2.16. The summed E-state index contributed by atoms with van der Waals surface area (Å²) in [6.07, 6.45) is 6.36. The molecular formula is C14H19NO2. The van der Waals surface area contributed by atoms with E-state index in [9.17, 15) is 9.59 Å². The van der Waals surface area contributed by atoms with Gasteiger partial charge in [0.2, 0.25) is 5.91 Å². The third kappa shape index (κ3) is 5.66. The molecule has 0 bridgehead atoms. The van der Waals surface area contributed by atoms with Gasteiger partial charge in [0.05, 0.1) is 6.54 Å². The fourth-order valence-electron chi connectivity index (χ4n) is 1.19. The molecule has 0 spiro atoms. The SMILES string of the molecule is C=C/C=C(\C=C)CN(C(C)=O)C(=O)C=C(C)C. The van der Waals surface area contributed by atoms with Gasteiger partial charge in [0.25, 0.3) is 5.91 Å². The number of hydrogen-bond acceptors (Lipinski definition) is 2. The number of imide groups is 1. The van der Waals surface area contributed by atoms with E-state index in [0.29, 0.717) is 0 Å². The standard InChI is InChI=1S/C14H19NO2/c1-6-8-13(7-2)10-15(12(5)16)14(17)9-11(3)4/h6-9H,1-2,10H2,3-5H3/b13-8+. The molecule has 0 aliphatic rings. The molecule has 0 radical (unpaired) electrons. The van der Waals surface area contributed by atoms with Crippen LogP contribution in [0.4, 0.5) is 0 Å². The van der Waals surface area contributed by atoms with Crippen molar-refractivity contribution in [2.75, 3.05) is 6.54 Å². The van der Waals surface area contributed by atoms with Crippen LogP contribution in [0, 0.1) is 0 Å². The quantitative estimate of drug-likeness (QED) is 0.540. The first-order chi connectivity index (χ1) is 7.92. The van der Waals surface area contributed by atoms with Crippen LogP contribution in [-0.4, -0.2) is 23.3 Å². The molecule has 0 aliphatic heterocycles. The molecule has 3 heteroatoms. The zero-order chi connectivity index (χ0) is 13.4. The van der Waals surface area contributed by atoms with Crippen molar-refractivity contribution in [1.82, 2.24) is 4.90 Å². The molecule has 0 aromatic heterocycles. The van der Waals surface area contributed by atoms with Gasteiger partial charge in [-0.05, 0) is 19.4 Å². The van der Waals surface area contributed by atoms with Gasteiger partial charge in [0.15, 0.2) is 0 Å². The van der Waals surface area contributed by atoms with E-state index in [0.717, 1.165) is 11.1 Å². The lowest BCUT2D eigenvalue weighted by Crippen LogP contribution is -2.35. The maximum absolute atomic E-state index is 11.8. The van der Waals surface area contributed by atoms with Crippen LogP contribution in [0.1, 0.15) is 20.8 Å². The normalized spacial score (nSPS) is 10.4. The number of amides is 2. The highest BCUT2D eigenvalue weighted by molar-refractivity contribution is 6.00. The molecule has 0 heterocycles. The second kappa shape index (κ2) is 7.39. The number of rotatable bonds is 5. The molecule has 0 rings (SSSR count). The van der Waals surface area contributed by atoms with Crippen LogP contribution in [0.25, 0.3) is 0 Å². The molecule has 0 aliphatic carbocycles. The number of carbonyl (C=O) groups is 2. The second-order valence-corrected chi connectivity index (χ2v) is 3.85. The van der Waals surface area contributed by atoms with Crippen LogP contribution in [0.3, 0.4) is 0 Å². The summed E-state index contributed by atoms with van der Waals surface area (Å²) in [7, 11) is 0. The molecule has 2 amide bonds. The van der Waals surface area contributed by atoms with E-state index in [4.69, 9.17) is 0 Å². The summed E-state index contributed by atoms with van der Waals surface area (Å²) >= 11 is 0. The van der Waals surface area contributed by atoms with E-state index >= 15 is 0 Å². The average molecular weight is 233 g/mol. The lowest BCUT2D eigenvalue weighted by atomic mass is 10.2. The van der Waals surface area contributed by atoms with Gasteiger partial charge in [-0.15, -0.1) is 0 Å². The van der Waals surface area contributed by atoms with Gasteiger partial charge in [-0.2, -0.15) is 0 Å². The average Bonchev–Trinajstić information content (AvgIpc) is 2.22. The van der Waals surface area contributed by atoms with Crippen LogP contribution in [-0.2, 0) is 9.59 Å². The third-order valence-electron chi connectivity index (χ3n) is 1.99. The lowest BCUT2D eigenvalue weighted by molar-refractivity contribution is -0.139. The molecule has 0 saturated carbocycles. The van der Waals surface area contributed by atoms with Crippen molar-refractivity contribution < 1.29 is 9.59 Å². The lowest BCUT2D eigenvalue weighted by Gasteiger charge is -2.18. The molecule has 17 heavy (non-hydrogen) atoms. The molecule has 0 aromatic rings. The van der Waals surface area contributed by atoms with Crippen molar-refractivity contribution >= 4 is 11.8 Å². The summed E-state index contributed by atoms with van der Waals surface area (Å²) in [5.74, 6) is -0.598. The first-order valence-corrected chi connectivity index (χ1v) is 5.33. The highest BCUT2D eigenvalue weighted by Crippen LogP contribution is 2.04. The molecule has 0 fully saturated rings. The predicted molar refractivity (Wildman–Crippen MR) is 70.3 cm³/mol. The molecule has 92 valence electrons. The van der Waals surface area contributed by atoms with Crippen molar-refractivity contribution in [3.63, 3.8) is 0 Å².